The zero-order chi connectivity index (χ0) is 11.5. The molecule has 2 rings (SSSR count). The van der Waals surface area contributed by atoms with E-state index in [4.69, 9.17) is 0 Å². The number of nitro groups is 1. The van der Waals surface area contributed by atoms with Gasteiger partial charge in [-0.3, -0.25) is 14.7 Å². The van der Waals surface area contributed by atoms with E-state index < -0.39 is 4.92 Å². The van der Waals surface area contributed by atoms with Crippen molar-refractivity contribution in [1.29, 1.82) is 0 Å². The highest BCUT2D eigenvalue weighted by Crippen LogP contribution is 2.20. The van der Waals surface area contributed by atoms with Crippen molar-refractivity contribution in [2.45, 2.75) is 0 Å². The van der Waals surface area contributed by atoms with Crippen molar-refractivity contribution in [3.05, 3.63) is 35.0 Å². The van der Waals surface area contributed by atoms with E-state index in [0.717, 1.165) is 6.20 Å². The van der Waals surface area contributed by atoms with Gasteiger partial charge < -0.3 is 5.32 Å². The molecule has 0 unspecified atom stereocenters. The number of hydrogen-bond acceptors (Lipinski definition) is 6. The molecule has 8 nitrogen and oxygen atoms in total. The molecule has 82 valence electrons. The Morgan fingerprint density at radius 2 is 2.38 bits per heavy atom. The van der Waals surface area contributed by atoms with Crippen molar-refractivity contribution in [3.63, 3.8) is 0 Å². The van der Waals surface area contributed by atoms with Crippen LogP contribution in [0.1, 0.15) is 0 Å². The van der Waals surface area contributed by atoms with Crippen LogP contribution >= 0.6 is 0 Å². The lowest BCUT2D eigenvalue weighted by atomic mass is 10.5. The number of aromatic nitrogens is 4. The molecule has 0 saturated carbocycles. The van der Waals surface area contributed by atoms with Crippen LogP contribution in [0.2, 0.25) is 0 Å². The van der Waals surface area contributed by atoms with Gasteiger partial charge in [0.05, 0.1) is 4.92 Å². The van der Waals surface area contributed by atoms with Crippen molar-refractivity contribution >= 4 is 11.6 Å². The van der Waals surface area contributed by atoms with Gasteiger partial charge in [0.15, 0.2) is 0 Å². The number of hydrogen-bond donors (Lipinski definition) is 1. The van der Waals surface area contributed by atoms with Crippen LogP contribution in [0, 0.1) is 10.1 Å². The molecule has 0 amide bonds. The van der Waals surface area contributed by atoms with Gasteiger partial charge in [-0.1, -0.05) is 0 Å². The predicted octanol–water partition coefficient (Wildman–Crippen LogP) is 0.612. The van der Waals surface area contributed by atoms with E-state index >= 15 is 0 Å². The molecule has 0 spiro atoms. The lowest BCUT2D eigenvalue weighted by Gasteiger charge is -2.04. The van der Waals surface area contributed by atoms with Crippen molar-refractivity contribution in [2.75, 3.05) is 12.4 Å². The minimum atomic E-state index is -0.533. The lowest BCUT2D eigenvalue weighted by Crippen LogP contribution is -2.05. The maximum atomic E-state index is 10.8. The van der Waals surface area contributed by atoms with Gasteiger partial charge in [0.2, 0.25) is 11.8 Å². The third-order valence-electron chi connectivity index (χ3n) is 1.92. The largest absolute Gasteiger partial charge is 0.357 e. The molecule has 0 radical (unpaired) electrons. The van der Waals surface area contributed by atoms with E-state index in [0.29, 0.717) is 5.95 Å². The molecular formula is C8H8N6O2. The fourth-order valence-corrected chi connectivity index (χ4v) is 1.19. The van der Waals surface area contributed by atoms with Crippen LogP contribution in [0.4, 0.5) is 11.6 Å². The first-order chi connectivity index (χ1) is 7.72. The minimum Gasteiger partial charge on any atom is -0.357 e. The van der Waals surface area contributed by atoms with Crippen LogP contribution in [-0.2, 0) is 0 Å². The van der Waals surface area contributed by atoms with Gasteiger partial charge >= 0.3 is 5.69 Å². The van der Waals surface area contributed by atoms with E-state index in [9.17, 15) is 10.1 Å². The Bertz CT molecular complexity index is 509. The number of nitrogens with zero attached hydrogens (tertiary/aromatic N) is 5. The third-order valence-corrected chi connectivity index (χ3v) is 1.92. The maximum absolute atomic E-state index is 10.8. The normalized spacial score (nSPS) is 10.1. The van der Waals surface area contributed by atoms with Crippen LogP contribution < -0.4 is 5.32 Å². The van der Waals surface area contributed by atoms with Crippen molar-refractivity contribution < 1.29 is 4.92 Å². The van der Waals surface area contributed by atoms with Crippen molar-refractivity contribution in [1.82, 2.24) is 19.5 Å². The zero-order valence-corrected chi connectivity index (χ0v) is 8.36. The van der Waals surface area contributed by atoms with Gasteiger partial charge in [0, 0.05) is 19.4 Å². The molecule has 0 atom stereocenters. The topological polar surface area (TPSA) is 98.8 Å². The van der Waals surface area contributed by atoms with Crippen molar-refractivity contribution in [2.24, 2.45) is 0 Å². The summed E-state index contributed by atoms with van der Waals surface area (Å²) in [6.07, 6.45) is 5.70. The smallest absolute Gasteiger partial charge is 0.330 e. The second-order valence-corrected chi connectivity index (χ2v) is 2.88. The number of rotatable bonds is 3. The SMILES string of the molecule is CNc1ncc([N+](=O)[O-])c(-n2ccnc2)n1. The van der Waals surface area contributed by atoms with Crippen LogP contribution in [0.5, 0.6) is 0 Å². The van der Waals surface area contributed by atoms with Crippen LogP contribution in [-0.4, -0.2) is 31.5 Å². The average molecular weight is 220 g/mol. The minimum absolute atomic E-state index is 0.169. The molecule has 1 N–H and O–H groups in total. The molecule has 8 heteroatoms. The quantitative estimate of drug-likeness (QED) is 0.601. The summed E-state index contributed by atoms with van der Waals surface area (Å²) in [5.74, 6) is 0.496. The summed E-state index contributed by atoms with van der Waals surface area (Å²) < 4.78 is 1.46. The lowest BCUT2D eigenvalue weighted by molar-refractivity contribution is -0.385. The Morgan fingerprint density at radius 1 is 1.56 bits per heavy atom. The maximum Gasteiger partial charge on any atom is 0.330 e. The van der Waals surface area contributed by atoms with Crippen LogP contribution in [0.3, 0.4) is 0 Å². The van der Waals surface area contributed by atoms with Gasteiger partial charge in [-0.05, 0) is 0 Å². The van der Waals surface area contributed by atoms with Gasteiger partial charge in [-0.2, -0.15) is 4.98 Å². The number of imidazole rings is 1. The zero-order valence-electron chi connectivity index (χ0n) is 8.36. The summed E-state index contributed by atoms with van der Waals surface area (Å²) >= 11 is 0. The second-order valence-electron chi connectivity index (χ2n) is 2.88. The standard InChI is InChI=1S/C8H8N6O2/c1-9-8-11-4-6(14(15)16)7(12-8)13-3-2-10-5-13/h2-5H,1H3,(H,9,11,12). The average Bonchev–Trinajstić information content (AvgIpc) is 2.81. The molecule has 0 aromatic carbocycles. The summed E-state index contributed by atoms with van der Waals surface area (Å²) in [6, 6.07) is 0. The highest BCUT2D eigenvalue weighted by atomic mass is 16.6. The van der Waals surface area contributed by atoms with E-state index in [1.807, 2.05) is 0 Å². The van der Waals surface area contributed by atoms with Gasteiger partial charge in [0.1, 0.15) is 12.5 Å². The predicted molar refractivity (Wildman–Crippen MR) is 55.4 cm³/mol. The first-order valence-electron chi connectivity index (χ1n) is 4.40. The summed E-state index contributed by atoms with van der Waals surface area (Å²) in [5, 5.41) is 13.5. The van der Waals surface area contributed by atoms with Crippen LogP contribution in [0.25, 0.3) is 5.82 Å². The Kier molecular flexibility index (Phi) is 2.46. The molecule has 0 saturated heterocycles. The first kappa shape index (κ1) is 10.0. The van der Waals surface area contributed by atoms with Crippen LogP contribution in [0.15, 0.2) is 24.9 Å². The molecule has 0 bridgehead atoms. The monoisotopic (exact) mass is 220 g/mol. The van der Waals surface area contributed by atoms with Gasteiger partial charge in [0.25, 0.3) is 0 Å². The van der Waals surface area contributed by atoms with E-state index in [1.54, 1.807) is 13.2 Å². The first-order valence-corrected chi connectivity index (χ1v) is 4.40. The number of anilines is 1. The Morgan fingerprint density at radius 3 is 2.94 bits per heavy atom. The summed E-state index contributed by atoms with van der Waals surface area (Å²) in [6.45, 7) is 0. The Labute approximate surface area is 90.1 Å². The molecule has 0 aliphatic carbocycles. The molecule has 16 heavy (non-hydrogen) atoms. The van der Waals surface area contributed by atoms with Crippen molar-refractivity contribution in [3.8, 4) is 5.82 Å². The van der Waals surface area contributed by atoms with E-state index in [2.05, 4.69) is 20.3 Å². The highest BCUT2D eigenvalue weighted by Gasteiger charge is 2.18. The summed E-state index contributed by atoms with van der Waals surface area (Å²) in [7, 11) is 1.64. The fourth-order valence-electron chi connectivity index (χ4n) is 1.19. The molecule has 0 aliphatic rings. The second kappa shape index (κ2) is 3.93. The molecule has 0 aliphatic heterocycles. The highest BCUT2D eigenvalue weighted by molar-refractivity contribution is 5.48. The van der Waals surface area contributed by atoms with E-state index in [-0.39, 0.29) is 11.5 Å². The molecule has 2 heterocycles. The fraction of sp³-hybridized carbons (Fsp3) is 0.125. The number of nitrogens with one attached hydrogen (secondary N) is 1. The van der Waals surface area contributed by atoms with E-state index in [1.165, 1.54) is 17.1 Å². The third kappa shape index (κ3) is 1.67. The summed E-state index contributed by atoms with van der Waals surface area (Å²) in [5.41, 5.74) is -0.169. The Balaban J connectivity index is 2.59. The molecular weight excluding hydrogens is 212 g/mol. The molecule has 2 aromatic heterocycles. The summed E-state index contributed by atoms with van der Waals surface area (Å²) in [4.78, 5) is 21.9. The van der Waals surface area contributed by atoms with Gasteiger partial charge in [-0.15, -0.1) is 0 Å². The van der Waals surface area contributed by atoms with Gasteiger partial charge in [-0.25, -0.2) is 9.97 Å². The Hall–Kier alpha value is -2.51. The molecule has 2 aromatic rings. The molecule has 0 fully saturated rings.